The van der Waals surface area contributed by atoms with E-state index in [1.807, 2.05) is 24.3 Å². The first-order valence-corrected chi connectivity index (χ1v) is 4.66. The van der Waals surface area contributed by atoms with Crippen molar-refractivity contribution in [3.05, 3.63) is 24.3 Å². The summed E-state index contributed by atoms with van der Waals surface area (Å²) in [6, 6.07) is 7.80. The molecule has 13 heavy (non-hydrogen) atoms. The lowest BCUT2D eigenvalue weighted by Crippen LogP contribution is -2.33. The second-order valence-corrected chi connectivity index (χ2v) is 3.66. The first-order chi connectivity index (χ1) is 6.27. The molecule has 0 amide bonds. The van der Waals surface area contributed by atoms with Gasteiger partial charge in [0.1, 0.15) is 12.7 Å². The molecule has 0 saturated carbocycles. The van der Waals surface area contributed by atoms with Crippen LogP contribution < -0.4 is 9.47 Å². The zero-order valence-corrected chi connectivity index (χ0v) is 7.99. The van der Waals surface area contributed by atoms with Crippen LogP contribution in [0.25, 0.3) is 0 Å². The highest BCUT2D eigenvalue weighted by Crippen LogP contribution is 2.32. The van der Waals surface area contributed by atoms with Crippen LogP contribution in [0.4, 0.5) is 0 Å². The molecule has 1 aromatic rings. The number of hydrogen-bond donors (Lipinski definition) is 0. The van der Waals surface area contributed by atoms with E-state index in [0.717, 1.165) is 11.5 Å². The molecular weight excluding hydrogens is 164 g/mol. The van der Waals surface area contributed by atoms with E-state index in [0.29, 0.717) is 12.5 Å². The summed E-state index contributed by atoms with van der Waals surface area (Å²) in [6.07, 6.45) is 0.190. The predicted octanol–water partition coefficient (Wildman–Crippen LogP) is 2.48. The topological polar surface area (TPSA) is 18.5 Å². The van der Waals surface area contributed by atoms with Crippen LogP contribution >= 0.6 is 0 Å². The fraction of sp³-hybridized carbons (Fsp3) is 0.455. The summed E-state index contributed by atoms with van der Waals surface area (Å²) in [5.41, 5.74) is 0. The van der Waals surface area contributed by atoms with Crippen LogP contribution in [-0.4, -0.2) is 12.7 Å². The van der Waals surface area contributed by atoms with E-state index in [1.54, 1.807) is 0 Å². The van der Waals surface area contributed by atoms with Gasteiger partial charge in [0.25, 0.3) is 0 Å². The van der Waals surface area contributed by atoms with Gasteiger partial charge in [-0.2, -0.15) is 0 Å². The molecule has 0 bridgehead atoms. The second-order valence-electron chi connectivity index (χ2n) is 3.66. The average molecular weight is 178 g/mol. The maximum atomic E-state index is 5.77. The first-order valence-electron chi connectivity index (χ1n) is 4.66. The Labute approximate surface area is 78.5 Å². The van der Waals surface area contributed by atoms with Crippen LogP contribution in [0.2, 0.25) is 0 Å². The van der Waals surface area contributed by atoms with Crippen molar-refractivity contribution in [3.63, 3.8) is 0 Å². The van der Waals surface area contributed by atoms with Crippen molar-refractivity contribution in [1.29, 1.82) is 0 Å². The van der Waals surface area contributed by atoms with Crippen molar-refractivity contribution >= 4 is 0 Å². The third-order valence-electron chi connectivity index (χ3n) is 2.27. The maximum absolute atomic E-state index is 5.77. The molecule has 0 radical (unpaired) electrons. The molecule has 0 aromatic heterocycles. The zero-order chi connectivity index (χ0) is 9.26. The third-order valence-corrected chi connectivity index (χ3v) is 2.27. The van der Waals surface area contributed by atoms with Crippen LogP contribution in [0.5, 0.6) is 11.5 Å². The summed E-state index contributed by atoms with van der Waals surface area (Å²) in [4.78, 5) is 0. The van der Waals surface area contributed by atoms with Crippen LogP contribution in [0, 0.1) is 5.92 Å². The lowest BCUT2D eigenvalue weighted by Gasteiger charge is -2.28. The van der Waals surface area contributed by atoms with E-state index >= 15 is 0 Å². The molecule has 2 rings (SSSR count). The fourth-order valence-corrected chi connectivity index (χ4v) is 1.36. The van der Waals surface area contributed by atoms with Gasteiger partial charge in [-0.3, -0.25) is 0 Å². The van der Waals surface area contributed by atoms with Gasteiger partial charge in [-0.05, 0) is 18.1 Å². The predicted molar refractivity (Wildman–Crippen MR) is 51.2 cm³/mol. The van der Waals surface area contributed by atoms with Crippen molar-refractivity contribution in [2.75, 3.05) is 6.61 Å². The van der Waals surface area contributed by atoms with Crippen molar-refractivity contribution in [2.45, 2.75) is 20.0 Å². The minimum absolute atomic E-state index is 0.190. The zero-order valence-electron chi connectivity index (χ0n) is 7.99. The molecular formula is C11H14O2. The van der Waals surface area contributed by atoms with E-state index in [9.17, 15) is 0 Å². The Hall–Kier alpha value is -1.18. The number of hydrogen-bond acceptors (Lipinski definition) is 2. The SMILES string of the molecule is CC(C)[C@@H]1COc2ccccc2O1. The van der Waals surface area contributed by atoms with Gasteiger partial charge in [-0.25, -0.2) is 0 Å². The van der Waals surface area contributed by atoms with Crippen LogP contribution in [-0.2, 0) is 0 Å². The molecule has 0 fully saturated rings. The molecule has 0 saturated heterocycles. The minimum atomic E-state index is 0.190. The molecule has 0 N–H and O–H groups in total. The molecule has 1 aromatic carbocycles. The lowest BCUT2D eigenvalue weighted by atomic mass is 10.1. The number of fused-ring (bicyclic) bond motifs is 1. The normalized spacial score (nSPS) is 20.4. The monoisotopic (exact) mass is 178 g/mol. The van der Waals surface area contributed by atoms with E-state index < -0.39 is 0 Å². The molecule has 0 spiro atoms. The van der Waals surface area contributed by atoms with E-state index in [-0.39, 0.29) is 6.10 Å². The van der Waals surface area contributed by atoms with E-state index in [2.05, 4.69) is 13.8 Å². The summed E-state index contributed by atoms with van der Waals surface area (Å²) < 4.78 is 11.3. The van der Waals surface area contributed by atoms with Gasteiger partial charge in [-0.15, -0.1) is 0 Å². The van der Waals surface area contributed by atoms with Gasteiger partial charge in [0.2, 0.25) is 0 Å². The molecule has 70 valence electrons. The largest absolute Gasteiger partial charge is 0.486 e. The minimum Gasteiger partial charge on any atom is -0.486 e. The number of benzene rings is 1. The Kier molecular flexibility index (Phi) is 2.13. The number of ether oxygens (including phenoxy) is 2. The van der Waals surface area contributed by atoms with Crippen LogP contribution in [0.1, 0.15) is 13.8 Å². The molecule has 0 unspecified atom stereocenters. The Morgan fingerprint density at radius 3 is 2.62 bits per heavy atom. The molecule has 1 aliphatic heterocycles. The smallest absolute Gasteiger partial charge is 0.161 e. The molecule has 2 nitrogen and oxygen atoms in total. The number of para-hydroxylation sites is 2. The summed E-state index contributed by atoms with van der Waals surface area (Å²) in [5.74, 6) is 2.22. The van der Waals surface area contributed by atoms with Gasteiger partial charge < -0.3 is 9.47 Å². The Bertz CT molecular complexity index is 294. The van der Waals surface area contributed by atoms with Crippen molar-refractivity contribution < 1.29 is 9.47 Å². The molecule has 2 heteroatoms. The third kappa shape index (κ3) is 1.62. The number of rotatable bonds is 1. The van der Waals surface area contributed by atoms with Gasteiger partial charge in [0, 0.05) is 0 Å². The molecule has 1 atom stereocenters. The molecule has 0 aliphatic carbocycles. The second kappa shape index (κ2) is 3.29. The lowest BCUT2D eigenvalue weighted by molar-refractivity contribution is 0.0591. The van der Waals surface area contributed by atoms with Crippen LogP contribution in [0.15, 0.2) is 24.3 Å². The first kappa shape index (κ1) is 8.42. The Morgan fingerprint density at radius 2 is 1.92 bits per heavy atom. The maximum Gasteiger partial charge on any atom is 0.161 e. The van der Waals surface area contributed by atoms with Crippen molar-refractivity contribution in [1.82, 2.24) is 0 Å². The Morgan fingerprint density at radius 1 is 1.23 bits per heavy atom. The van der Waals surface area contributed by atoms with Crippen molar-refractivity contribution in [2.24, 2.45) is 5.92 Å². The van der Waals surface area contributed by atoms with E-state index in [4.69, 9.17) is 9.47 Å². The van der Waals surface area contributed by atoms with Gasteiger partial charge in [0.15, 0.2) is 11.5 Å². The highest BCUT2D eigenvalue weighted by Gasteiger charge is 2.22. The van der Waals surface area contributed by atoms with Gasteiger partial charge in [-0.1, -0.05) is 26.0 Å². The summed E-state index contributed by atoms with van der Waals surface area (Å²) in [7, 11) is 0. The van der Waals surface area contributed by atoms with Crippen molar-refractivity contribution in [3.8, 4) is 11.5 Å². The van der Waals surface area contributed by atoms with Crippen LogP contribution in [0.3, 0.4) is 0 Å². The Balaban J connectivity index is 2.20. The van der Waals surface area contributed by atoms with Gasteiger partial charge >= 0.3 is 0 Å². The average Bonchev–Trinajstić information content (AvgIpc) is 2.17. The standard InChI is InChI=1S/C11H14O2/c1-8(2)11-7-12-9-5-3-4-6-10(9)13-11/h3-6,8,11H,7H2,1-2H3/t11-/m0/s1. The molecule has 1 aliphatic rings. The van der Waals surface area contributed by atoms with Gasteiger partial charge in [0.05, 0.1) is 0 Å². The highest BCUT2D eigenvalue weighted by molar-refractivity contribution is 5.40. The summed E-state index contributed by atoms with van der Waals surface area (Å²) in [5, 5.41) is 0. The quantitative estimate of drug-likeness (QED) is 0.657. The summed E-state index contributed by atoms with van der Waals surface area (Å²) in [6.45, 7) is 4.94. The fourth-order valence-electron chi connectivity index (χ4n) is 1.36. The molecule has 1 heterocycles. The van der Waals surface area contributed by atoms with E-state index in [1.165, 1.54) is 0 Å². The summed E-state index contributed by atoms with van der Waals surface area (Å²) >= 11 is 0. The highest BCUT2D eigenvalue weighted by atomic mass is 16.6.